The summed E-state index contributed by atoms with van der Waals surface area (Å²) in [6.45, 7) is 3.07. The van der Waals surface area contributed by atoms with Gasteiger partial charge in [0.25, 0.3) is 5.56 Å². The number of rotatable bonds is 5. The highest BCUT2D eigenvalue weighted by Gasteiger charge is 2.08. The van der Waals surface area contributed by atoms with Crippen LogP contribution in [0.2, 0.25) is 10.0 Å². The van der Waals surface area contributed by atoms with E-state index in [0.29, 0.717) is 23.8 Å². The summed E-state index contributed by atoms with van der Waals surface area (Å²) in [7, 11) is 0. The Hall–Kier alpha value is -1.52. The minimum Gasteiger partial charge on any atom is -0.378 e. The number of hydrogen-bond donors (Lipinski definition) is 1. The lowest BCUT2D eigenvalue weighted by Gasteiger charge is -2.10. The van der Waals surface area contributed by atoms with E-state index in [-0.39, 0.29) is 10.6 Å². The highest BCUT2D eigenvalue weighted by atomic mass is 35.5. The van der Waals surface area contributed by atoms with Gasteiger partial charge in [-0.2, -0.15) is 5.10 Å². The summed E-state index contributed by atoms with van der Waals surface area (Å²) in [5, 5.41) is 8.03. The maximum atomic E-state index is 12.0. The van der Waals surface area contributed by atoms with Crippen molar-refractivity contribution in [3.63, 3.8) is 0 Å². The summed E-state index contributed by atoms with van der Waals surface area (Å²) in [6, 6.07) is 7.48. The van der Waals surface area contributed by atoms with Gasteiger partial charge >= 0.3 is 0 Å². The van der Waals surface area contributed by atoms with Gasteiger partial charge in [0.05, 0.1) is 11.9 Å². The van der Waals surface area contributed by atoms with E-state index in [0.717, 1.165) is 12.0 Å². The second-order valence-corrected chi connectivity index (χ2v) is 5.20. The summed E-state index contributed by atoms with van der Waals surface area (Å²) in [6.07, 6.45) is 2.41. The van der Waals surface area contributed by atoms with Crippen LogP contribution in [0.15, 0.2) is 35.3 Å². The fraction of sp³-hybridized carbons (Fsp3) is 0.286. The minimum atomic E-state index is -0.274. The molecule has 0 saturated carbocycles. The summed E-state index contributed by atoms with van der Waals surface area (Å²) >= 11 is 12.0. The van der Waals surface area contributed by atoms with Gasteiger partial charge in [0.15, 0.2) is 0 Å². The molecule has 0 spiro atoms. The number of nitrogens with one attached hydrogen (secondary N) is 1. The van der Waals surface area contributed by atoms with Crippen LogP contribution in [-0.2, 0) is 13.1 Å². The second-order valence-electron chi connectivity index (χ2n) is 4.38. The first-order chi connectivity index (χ1) is 9.61. The topological polar surface area (TPSA) is 46.9 Å². The fourth-order valence-electron chi connectivity index (χ4n) is 1.80. The molecule has 1 heterocycles. The van der Waals surface area contributed by atoms with Crippen molar-refractivity contribution < 1.29 is 0 Å². The lowest BCUT2D eigenvalue weighted by atomic mass is 10.2. The summed E-state index contributed by atoms with van der Waals surface area (Å²) < 4.78 is 1.37. The van der Waals surface area contributed by atoms with Crippen molar-refractivity contribution in [1.29, 1.82) is 0 Å². The first-order valence-corrected chi connectivity index (χ1v) is 7.11. The largest absolute Gasteiger partial charge is 0.378 e. The lowest BCUT2D eigenvalue weighted by molar-refractivity contribution is 0.568. The zero-order valence-electron chi connectivity index (χ0n) is 11.1. The fourth-order valence-corrected chi connectivity index (χ4v) is 2.23. The molecule has 0 aliphatic heterocycles. The quantitative estimate of drug-likeness (QED) is 0.918. The predicted octanol–water partition coefficient (Wildman–Crippen LogP) is 3.57. The summed E-state index contributed by atoms with van der Waals surface area (Å²) in [5.41, 5.74) is 1.26. The van der Waals surface area contributed by atoms with Gasteiger partial charge < -0.3 is 5.32 Å². The highest BCUT2D eigenvalue weighted by Crippen LogP contribution is 2.17. The maximum Gasteiger partial charge on any atom is 0.287 e. The third-order valence-corrected chi connectivity index (χ3v) is 3.39. The molecule has 2 aromatic rings. The van der Waals surface area contributed by atoms with Gasteiger partial charge in [-0.05, 0) is 24.1 Å². The van der Waals surface area contributed by atoms with Gasteiger partial charge in [-0.1, -0.05) is 42.3 Å². The number of hydrogen-bond acceptors (Lipinski definition) is 3. The number of nitrogens with zero attached hydrogens (tertiary/aromatic N) is 2. The maximum absolute atomic E-state index is 12.0. The average molecular weight is 312 g/mol. The third kappa shape index (κ3) is 3.52. The van der Waals surface area contributed by atoms with Gasteiger partial charge in [-0.3, -0.25) is 4.79 Å². The Labute approximate surface area is 127 Å². The predicted molar refractivity (Wildman–Crippen MR) is 82.6 cm³/mol. The average Bonchev–Trinajstić information content (AvgIpc) is 2.43. The molecule has 0 bridgehead atoms. The van der Waals surface area contributed by atoms with Crippen LogP contribution in [0.1, 0.15) is 18.9 Å². The summed E-state index contributed by atoms with van der Waals surface area (Å²) in [5.74, 6) is 0. The molecule has 0 atom stereocenters. The van der Waals surface area contributed by atoms with Crippen molar-refractivity contribution in [3.8, 4) is 0 Å². The molecule has 1 aromatic carbocycles. The SMILES string of the molecule is CCCn1ncc(NCc2cccc(Cl)c2)c(Cl)c1=O. The number of benzene rings is 1. The molecule has 0 aliphatic carbocycles. The molecule has 0 fully saturated rings. The molecule has 20 heavy (non-hydrogen) atoms. The number of anilines is 1. The molecule has 2 rings (SSSR count). The van der Waals surface area contributed by atoms with Gasteiger partial charge in [0.1, 0.15) is 5.02 Å². The van der Waals surface area contributed by atoms with E-state index in [1.807, 2.05) is 31.2 Å². The Morgan fingerprint density at radius 2 is 2.15 bits per heavy atom. The smallest absolute Gasteiger partial charge is 0.287 e. The number of aryl methyl sites for hydroxylation is 1. The standard InChI is InChI=1S/C14H15Cl2N3O/c1-2-6-19-14(20)13(16)12(9-18-19)17-8-10-4-3-5-11(15)7-10/h3-5,7,9,17H,2,6,8H2,1H3. The Bertz CT molecular complexity index is 655. The first-order valence-electron chi connectivity index (χ1n) is 6.35. The Morgan fingerprint density at radius 1 is 1.35 bits per heavy atom. The molecule has 0 saturated heterocycles. The van der Waals surface area contributed by atoms with Crippen molar-refractivity contribution in [3.05, 3.63) is 56.4 Å². The van der Waals surface area contributed by atoms with Crippen molar-refractivity contribution >= 4 is 28.9 Å². The van der Waals surface area contributed by atoms with Gasteiger partial charge in [0.2, 0.25) is 0 Å². The highest BCUT2D eigenvalue weighted by molar-refractivity contribution is 6.33. The molecule has 1 N–H and O–H groups in total. The van der Waals surface area contributed by atoms with Crippen molar-refractivity contribution in [2.24, 2.45) is 0 Å². The molecule has 0 aliphatic rings. The normalized spacial score (nSPS) is 10.6. The van der Waals surface area contributed by atoms with Crippen molar-refractivity contribution in [1.82, 2.24) is 9.78 Å². The zero-order chi connectivity index (χ0) is 14.5. The molecule has 0 radical (unpaired) electrons. The summed E-state index contributed by atoms with van der Waals surface area (Å²) in [4.78, 5) is 12.0. The van der Waals surface area contributed by atoms with E-state index in [2.05, 4.69) is 10.4 Å². The molecule has 6 heteroatoms. The molecule has 0 unspecified atom stereocenters. The van der Waals surface area contributed by atoms with Crippen LogP contribution in [0, 0.1) is 0 Å². The monoisotopic (exact) mass is 311 g/mol. The molecule has 0 amide bonds. The van der Waals surface area contributed by atoms with Gasteiger partial charge in [0, 0.05) is 18.1 Å². The van der Waals surface area contributed by atoms with Crippen LogP contribution in [0.25, 0.3) is 0 Å². The van der Waals surface area contributed by atoms with Crippen LogP contribution >= 0.6 is 23.2 Å². The molecular weight excluding hydrogens is 297 g/mol. The van der Waals surface area contributed by atoms with Crippen LogP contribution in [0.3, 0.4) is 0 Å². The van der Waals surface area contributed by atoms with Gasteiger partial charge in [-0.25, -0.2) is 4.68 Å². The Balaban J connectivity index is 2.14. The van der Waals surface area contributed by atoms with E-state index >= 15 is 0 Å². The lowest BCUT2D eigenvalue weighted by Crippen LogP contribution is -2.24. The number of halogens is 2. The third-order valence-electron chi connectivity index (χ3n) is 2.79. The molecule has 1 aromatic heterocycles. The van der Waals surface area contributed by atoms with Gasteiger partial charge in [-0.15, -0.1) is 0 Å². The number of aromatic nitrogens is 2. The van der Waals surface area contributed by atoms with Crippen LogP contribution < -0.4 is 10.9 Å². The Morgan fingerprint density at radius 3 is 2.85 bits per heavy atom. The molecular formula is C14H15Cl2N3O. The van der Waals surface area contributed by atoms with Crippen LogP contribution in [0.5, 0.6) is 0 Å². The van der Waals surface area contributed by atoms with E-state index in [9.17, 15) is 4.79 Å². The van der Waals surface area contributed by atoms with Crippen LogP contribution in [0.4, 0.5) is 5.69 Å². The zero-order valence-corrected chi connectivity index (χ0v) is 12.6. The second kappa shape index (κ2) is 6.77. The minimum absolute atomic E-state index is 0.162. The van der Waals surface area contributed by atoms with E-state index in [4.69, 9.17) is 23.2 Å². The van der Waals surface area contributed by atoms with E-state index in [1.54, 1.807) is 6.20 Å². The molecule has 106 valence electrons. The Kier molecular flexibility index (Phi) is 5.04. The van der Waals surface area contributed by atoms with Crippen molar-refractivity contribution in [2.75, 3.05) is 5.32 Å². The molecule has 4 nitrogen and oxygen atoms in total. The van der Waals surface area contributed by atoms with E-state index in [1.165, 1.54) is 4.68 Å². The van der Waals surface area contributed by atoms with Crippen molar-refractivity contribution in [2.45, 2.75) is 26.4 Å². The van der Waals surface area contributed by atoms with E-state index < -0.39 is 0 Å². The van der Waals surface area contributed by atoms with Crippen LogP contribution in [-0.4, -0.2) is 9.78 Å². The first kappa shape index (κ1) is 14.9.